The maximum Gasteiger partial charge on any atom is 0.262 e. The lowest BCUT2D eigenvalue weighted by atomic mass is 10.1. The Morgan fingerprint density at radius 2 is 1.81 bits per heavy atom. The van der Waals surface area contributed by atoms with Gasteiger partial charge in [0.1, 0.15) is 18.2 Å². The third kappa shape index (κ3) is 3.83. The van der Waals surface area contributed by atoms with Crippen molar-refractivity contribution >= 4 is 38.2 Å². The average Bonchev–Trinajstić information content (AvgIpc) is 3.42. The Bertz CT molecular complexity index is 1360. The van der Waals surface area contributed by atoms with Gasteiger partial charge in [0.2, 0.25) is 0 Å². The second kappa shape index (κ2) is 8.12. The van der Waals surface area contributed by atoms with Crippen molar-refractivity contribution in [3.05, 3.63) is 89.3 Å². The topological polar surface area (TPSA) is 94.4 Å². The van der Waals surface area contributed by atoms with Crippen LogP contribution in [0.2, 0.25) is 0 Å². The fourth-order valence-electron chi connectivity index (χ4n) is 3.41. The number of nitrogens with one attached hydrogen (secondary N) is 1. The van der Waals surface area contributed by atoms with Gasteiger partial charge in [0.25, 0.3) is 5.88 Å². The molecule has 0 amide bonds. The molecule has 5 aromatic rings. The van der Waals surface area contributed by atoms with Crippen LogP contribution in [0.25, 0.3) is 21.1 Å². The molecule has 2 heterocycles. The van der Waals surface area contributed by atoms with Gasteiger partial charge in [-0.05, 0) is 41.1 Å². The zero-order valence-electron chi connectivity index (χ0n) is 16.4. The van der Waals surface area contributed by atoms with Crippen molar-refractivity contribution in [3.8, 4) is 11.6 Å². The molecule has 0 aliphatic heterocycles. The van der Waals surface area contributed by atoms with Crippen LogP contribution >= 0.6 is 11.3 Å². The molecular weight excluding hydrogens is 410 g/mol. The van der Waals surface area contributed by atoms with Gasteiger partial charge in [0.05, 0.1) is 10.3 Å². The molecule has 6 nitrogen and oxygen atoms in total. The lowest BCUT2D eigenvalue weighted by Crippen LogP contribution is -2.17. The number of hydrogen-bond acceptors (Lipinski definition) is 6. The summed E-state index contributed by atoms with van der Waals surface area (Å²) in [5.74, 6) is 1.20. The van der Waals surface area contributed by atoms with Crippen LogP contribution in [0, 0.1) is 5.41 Å². The summed E-state index contributed by atoms with van der Waals surface area (Å²) in [6.07, 6.45) is -0.372. The number of ether oxygens (including phenoxy) is 2. The molecule has 0 fully saturated rings. The fraction of sp³-hybridized carbons (Fsp3) is 0.0833. The number of rotatable bonds is 7. The lowest BCUT2D eigenvalue weighted by molar-refractivity contribution is 0.126. The first-order chi connectivity index (χ1) is 15.2. The normalized spacial score (nSPS) is 12.1. The van der Waals surface area contributed by atoms with Crippen molar-refractivity contribution in [1.82, 2.24) is 5.16 Å². The van der Waals surface area contributed by atoms with Gasteiger partial charge in [0, 0.05) is 10.1 Å². The van der Waals surface area contributed by atoms with Crippen molar-refractivity contribution in [2.45, 2.75) is 6.10 Å². The number of aromatic nitrogens is 1. The Morgan fingerprint density at radius 1 is 1.00 bits per heavy atom. The molecule has 0 aliphatic carbocycles. The molecule has 1 atom stereocenters. The van der Waals surface area contributed by atoms with E-state index in [0.717, 1.165) is 21.0 Å². The second-order valence-corrected chi connectivity index (χ2v) is 8.09. The first-order valence-electron chi connectivity index (χ1n) is 9.75. The van der Waals surface area contributed by atoms with Crippen LogP contribution < -0.4 is 15.2 Å². The number of para-hydroxylation sites is 1. The molecule has 0 spiro atoms. The third-order valence-corrected chi connectivity index (χ3v) is 6.08. The van der Waals surface area contributed by atoms with E-state index in [1.807, 2.05) is 78.9 Å². The van der Waals surface area contributed by atoms with Crippen LogP contribution in [0.4, 0.5) is 0 Å². The Kier molecular flexibility index (Phi) is 5.01. The molecule has 154 valence electrons. The molecule has 3 N–H and O–H groups in total. The lowest BCUT2D eigenvalue weighted by Gasteiger charge is -2.20. The molecule has 0 aliphatic rings. The summed E-state index contributed by atoms with van der Waals surface area (Å²) in [5, 5.41) is 13.5. The van der Waals surface area contributed by atoms with E-state index in [1.165, 1.54) is 11.3 Å². The SMILES string of the molecule is N=C(N)c1cc2c(OC(COc3noc4ccccc34)c3ccccc3)cccc2s1. The molecule has 2 aromatic heterocycles. The summed E-state index contributed by atoms with van der Waals surface area (Å²) in [4.78, 5) is 0.715. The number of nitrogens with zero attached hydrogens (tertiary/aromatic N) is 1. The van der Waals surface area contributed by atoms with Crippen molar-refractivity contribution < 1.29 is 14.0 Å². The third-order valence-electron chi connectivity index (χ3n) is 4.94. The van der Waals surface area contributed by atoms with E-state index in [4.69, 9.17) is 25.1 Å². The number of fused-ring (bicyclic) bond motifs is 2. The van der Waals surface area contributed by atoms with Crippen molar-refractivity contribution in [2.75, 3.05) is 6.61 Å². The molecule has 0 saturated heterocycles. The van der Waals surface area contributed by atoms with Gasteiger partial charge in [0.15, 0.2) is 11.7 Å². The summed E-state index contributed by atoms with van der Waals surface area (Å²) in [6, 6.07) is 25.2. The summed E-state index contributed by atoms with van der Waals surface area (Å²) in [5.41, 5.74) is 7.34. The van der Waals surface area contributed by atoms with E-state index in [1.54, 1.807) is 0 Å². The minimum atomic E-state index is -0.372. The standard InChI is InChI=1S/C24H19N3O3S/c25-23(26)22-13-17-18(11-6-12-21(17)31-22)29-20(15-7-2-1-3-8-15)14-28-24-16-9-4-5-10-19(16)30-27-24/h1-13,20H,14H2,(H3,25,26). The Morgan fingerprint density at radius 3 is 2.65 bits per heavy atom. The van der Waals surface area contributed by atoms with E-state index < -0.39 is 0 Å². The van der Waals surface area contributed by atoms with Crippen LogP contribution in [0.5, 0.6) is 11.6 Å². The number of nitrogen functional groups attached to an aromatic ring is 1. The second-order valence-electron chi connectivity index (χ2n) is 7.00. The van der Waals surface area contributed by atoms with Gasteiger partial charge >= 0.3 is 0 Å². The Balaban J connectivity index is 1.46. The largest absolute Gasteiger partial charge is 0.481 e. The minimum absolute atomic E-state index is 0.0491. The van der Waals surface area contributed by atoms with E-state index in [9.17, 15) is 0 Å². The molecule has 0 saturated carbocycles. The van der Waals surface area contributed by atoms with Crippen LogP contribution in [0.3, 0.4) is 0 Å². The number of hydrogen-bond donors (Lipinski definition) is 2. The highest BCUT2D eigenvalue weighted by Gasteiger charge is 2.19. The molecule has 0 radical (unpaired) electrons. The van der Waals surface area contributed by atoms with Gasteiger partial charge < -0.3 is 19.7 Å². The highest BCUT2D eigenvalue weighted by molar-refractivity contribution is 7.20. The quantitative estimate of drug-likeness (QED) is 0.262. The maximum atomic E-state index is 7.74. The fourth-order valence-corrected chi connectivity index (χ4v) is 4.35. The van der Waals surface area contributed by atoms with E-state index in [-0.39, 0.29) is 18.5 Å². The molecule has 1 unspecified atom stereocenters. The van der Waals surface area contributed by atoms with Gasteiger partial charge in [-0.2, -0.15) is 0 Å². The van der Waals surface area contributed by atoms with Gasteiger partial charge in [-0.15, -0.1) is 11.3 Å². The number of thiophene rings is 1. The molecule has 7 heteroatoms. The van der Waals surface area contributed by atoms with Crippen LogP contribution in [-0.4, -0.2) is 17.6 Å². The van der Waals surface area contributed by atoms with E-state index in [0.29, 0.717) is 22.1 Å². The monoisotopic (exact) mass is 429 g/mol. The Labute approximate surface area is 182 Å². The molecule has 31 heavy (non-hydrogen) atoms. The van der Waals surface area contributed by atoms with Gasteiger partial charge in [-0.3, -0.25) is 5.41 Å². The van der Waals surface area contributed by atoms with Gasteiger partial charge in [-0.1, -0.05) is 48.5 Å². The first kappa shape index (κ1) is 19.1. The molecule has 5 rings (SSSR count). The van der Waals surface area contributed by atoms with Crippen LogP contribution in [-0.2, 0) is 0 Å². The zero-order valence-corrected chi connectivity index (χ0v) is 17.3. The van der Waals surface area contributed by atoms with Crippen LogP contribution in [0.1, 0.15) is 16.5 Å². The number of nitrogens with two attached hydrogens (primary N) is 1. The zero-order chi connectivity index (χ0) is 21.2. The van der Waals surface area contributed by atoms with Crippen molar-refractivity contribution in [3.63, 3.8) is 0 Å². The smallest absolute Gasteiger partial charge is 0.262 e. The predicted octanol–water partition coefficient (Wildman–Crippen LogP) is 5.53. The molecule has 0 bridgehead atoms. The summed E-state index contributed by atoms with van der Waals surface area (Å²) in [6.45, 7) is 0.251. The van der Waals surface area contributed by atoms with E-state index in [2.05, 4.69) is 5.16 Å². The number of benzene rings is 3. The molecular formula is C24H19N3O3S. The highest BCUT2D eigenvalue weighted by atomic mass is 32.1. The first-order valence-corrected chi connectivity index (χ1v) is 10.6. The van der Waals surface area contributed by atoms with Crippen molar-refractivity contribution in [1.29, 1.82) is 5.41 Å². The maximum absolute atomic E-state index is 7.74. The Hall–Kier alpha value is -3.84. The highest BCUT2D eigenvalue weighted by Crippen LogP contribution is 2.35. The van der Waals surface area contributed by atoms with Crippen LogP contribution in [0.15, 0.2) is 83.4 Å². The number of amidine groups is 1. The van der Waals surface area contributed by atoms with Crippen molar-refractivity contribution in [2.24, 2.45) is 5.73 Å². The summed E-state index contributed by atoms with van der Waals surface area (Å²) in [7, 11) is 0. The van der Waals surface area contributed by atoms with Gasteiger partial charge in [-0.25, -0.2) is 0 Å². The molecule has 3 aromatic carbocycles. The summed E-state index contributed by atoms with van der Waals surface area (Å²) < 4.78 is 18.8. The minimum Gasteiger partial charge on any atom is -0.481 e. The van der Waals surface area contributed by atoms with E-state index >= 15 is 0 Å². The predicted molar refractivity (Wildman–Crippen MR) is 122 cm³/mol. The average molecular weight is 430 g/mol. The summed E-state index contributed by atoms with van der Waals surface area (Å²) >= 11 is 1.47.